The number of benzene rings is 2. The summed E-state index contributed by atoms with van der Waals surface area (Å²) in [5.74, 6) is -2.11. The van der Waals surface area contributed by atoms with Crippen molar-refractivity contribution < 1.29 is 41.1 Å². The van der Waals surface area contributed by atoms with Crippen LogP contribution in [0.15, 0.2) is 126 Å². The Morgan fingerprint density at radius 2 is 1.43 bits per heavy atom. The molecular weight excluding hydrogens is 600 g/mol. The predicted molar refractivity (Wildman–Crippen MR) is 166 cm³/mol. The zero-order valence-electron chi connectivity index (χ0n) is 25.0. The van der Waals surface area contributed by atoms with Gasteiger partial charge in [0.15, 0.2) is 0 Å². The van der Waals surface area contributed by atoms with Gasteiger partial charge in [0.2, 0.25) is 0 Å². The van der Waals surface area contributed by atoms with Crippen molar-refractivity contribution >= 4 is 23.3 Å². The van der Waals surface area contributed by atoms with E-state index in [9.17, 15) is 19.7 Å². The Balaban J connectivity index is 0.000000801. The van der Waals surface area contributed by atoms with Crippen molar-refractivity contribution in [3.05, 3.63) is 141 Å². The van der Waals surface area contributed by atoms with Gasteiger partial charge in [-0.1, -0.05) is 29.8 Å². The van der Waals surface area contributed by atoms with Gasteiger partial charge in [-0.3, -0.25) is 10.1 Å². The Kier molecular flexibility index (Phi) is 12.0. The van der Waals surface area contributed by atoms with Crippen molar-refractivity contribution in [1.82, 2.24) is 0 Å². The fraction of sp³-hybridized carbons (Fsp3) is 0.200. The van der Waals surface area contributed by atoms with Crippen molar-refractivity contribution in [2.45, 2.75) is 33.6 Å². The number of non-ortho nitro benzene ring substituents is 1. The van der Waals surface area contributed by atoms with Crippen molar-refractivity contribution in [2.75, 3.05) is 18.1 Å². The zero-order chi connectivity index (χ0) is 30.9. The van der Waals surface area contributed by atoms with Crippen LogP contribution in [0.25, 0.3) is 11.1 Å². The Labute approximate surface area is 268 Å². The number of allylic oxidation sites excluding steroid dienone is 2. The smallest absolute Gasteiger partial charge is 0.463 e. The van der Waals surface area contributed by atoms with E-state index >= 15 is 0 Å². The maximum atomic E-state index is 13.4. The molecule has 0 fully saturated rings. The number of carbonyl (C=O) groups is 2. The molecule has 0 atom stereocenters. The van der Waals surface area contributed by atoms with Crippen LogP contribution in [0, 0.1) is 10.1 Å². The molecule has 0 N–H and O–H groups in total. The van der Waals surface area contributed by atoms with E-state index in [1.807, 2.05) is 83.8 Å². The van der Waals surface area contributed by atoms with Crippen LogP contribution in [0.1, 0.15) is 39.2 Å². The van der Waals surface area contributed by atoms with E-state index in [0.29, 0.717) is 17.0 Å². The zero-order valence-corrected chi connectivity index (χ0v) is 26.1. The third kappa shape index (κ3) is 7.43. The Hall–Kier alpha value is -4.72. The molecule has 44 heavy (non-hydrogen) atoms. The summed E-state index contributed by atoms with van der Waals surface area (Å²) < 4.78 is 10.8. The molecule has 9 heteroatoms. The molecule has 1 heterocycles. The van der Waals surface area contributed by atoms with Gasteiger partial charge in [-0.25, -0.2) is 21.7 Å². The van der Waals surface area contributed by atoms with E-state index in [1.54, 1.807) is 39.8 Å². The second-order valence-corrected chi connectivity index (χ2v) is 9.74. The fourth-order valence-corrected chi connectivity index (χ4v) is 5.23. The molecule has 1 aliphatic rings. The van der Waals surface area contributed by atoms with Gasteiger partial charge in [-0.15, -0.1) is 6.07 Å². The number of anilines is 1. The molecule has 8 nitrogen and oxygen atoms in total. The topological polar surface area (TPSA) is 99.0 Å². The molecule has 0 amide bonds. The Morgan fingerprint density at radius 3 is 1.89 bits per heavy atom. The number of esters is 2. The second kappa shape index (κ2) is 15.7. The van der Waals surface area contributed by atoms with Crippen LogP contribution in [-0.4, -0.2) is 30.1 Å². The van der Waals surface area contributed by atoms with Crippen molar-refractivity contribution in [2.24, 2.45) is 0 Å². The molecule has 0 saturated carbocycles. The van der Waals surface area contributed by atoms with Gasteiger partial charge in [0.25, 0.3) is 5.69 Å². The molecule has 0 aromatic heterocycles. The first kappa shape index (κ1) is 33.8. The number of nitrogens with zero attached hydrogens (tertiary/aromatic N) is 2. The monoisotopic (exact) mass is 634 g/mol. The summed E-state index contributed by atoms with van der Waals surface area (Å²) in [4.78, 5) is 39.7. The van der Waals surface area contributed by atoms with Crippen molar-refractivity contribution in [3.63, 3.8) is 0 Å². The first-order valence-corrected chi connectivity index (χ1v) is 14.1. The third-order valence-corrected chi connectivity index (χ3v) is 7.11. The molecule has 0 unspecified atom stereocenters. The van der Waals surface area contributed by atoms with E-state index in [0.717, 1.165) is 16.8 Å². The van der Waals surface area contributed by atoms with Crippen molar-refractivity contribution in [1.29, 1.82) is 0 Å². The van der Waals surface area contributed by atoms with Gasteiger partial charge in [0.05, 0.1) is 35.2 Å². The van der Waals surface area contributed by atoms with E-state index in [2.05, 4.69) is 0 Å². The van der Waals surface area contributed by atoms with E-state index in [1.165, 1.54) is 12.1 Å². The van der Waals surface area contributed by atoms with Crippen LogP contribution in [0.5, 0.6) is 0 Å². The van der Waals surface area contributed by atoms with Crippen LogP contribution in [0.2, 0.25) is 0 Å². The summed E-state index contributed by atoms with van der Waals surface area (Å²) in [7, 11) is 0. The molecular formula is C35H34FeN2O6. The SMILES string of the molecule is CCOC(=O)C1=C(C)N(c2ccc(-c3ccc[cH-]3)cc2)C(C)=C(C(=O)OCC)C1c1cccc([N+](=O)[O-])c1.[Fe+2].c1cc[cH-]c1. The van der Waals surface area contributed by atoms with Gasteiger partial charge < -0.3 is 14.4 Å². The number of carbonyl (C=O) groups excluding carboxylic acids is 2. The number of nitro groups is 1. The molecule has 228 valence electrons. The number of rotatable bonds is 8. The van der Waals surface area contributed by atoms with Gasteiger partial charge in [0.1, 0.15) is 0 Å². The Bertz CT molecular complexity index is 1560. The van der Waals surface area contributed by atoms with Crippen LogP contribution < -0.4 is 4.90 Å². The molecule has 4 aromatic rings. The fourth-order valence-electron chi connectivity index (χ4n) is 5.23. The maximum Gasteiger partial charge on any atom is 2.00 e. The molecule has 1 aliphatic heterocycles. The molecule has 0 aliphatic carbocycles. The average molecular weight is 635 g/mol. The molecule has 0 radical (unpaired) electrons. The predicted octanol–water partition coefficient (Wildman–Crippen LogP) is 7.66. The second-order valence-electron chi connectivity index (χ2n) is 9.74. The first-order chi connectivity index (χ1) is 20.8. The van der Waals surface area contributed by atoms with Gasteiger partial charge >= 0.3 is 29.0 Å². The van der Waals surface area contributed by atoms with Crippen LogP contribution in [0.4, 0.5) is 11.4 Å². The van der Waals surface area contributed by atoms with Crippen molar-refractivity contribution in [3.8, 4) is 11.1 Å². The Morgan fingerprint density at radius 1 is 0.841 bits per heavy atom. The quantitative estimate of drug-likeness (QED) is 0.0645. The van der Waals surface area contributed by atoms with Crippen LogP contribution in [-0.2, 0) is 36.1 Å². The van der Waals surface area contributed by atoms with Gasteiger partial charge in [0, 0.05) is 29.2 Å². The first-order valence-electron chi connectivity index (χ1n) is 14.1. The minimum atomic E-state index is -0.909. The van der Waals surface area contributed by atoms with E-state index < -0.39 is 22.8 Å². The number of hydrogen-bond donors (Lipinski definition) is 0. The van der Waals surface area contributed by atoms with Crippen LogP contribution in [0.3, 0.4) is 0 Å². The van der Waals surface area contributed by atoms with E-state index in [4.69, 9.17) is 9.47 Å². The summed E-state index contributed by atoms with van der Waals surface area (Å²) in [5.41, 5.74) is 4.71. The number of hydrogen-bond acceptors (Lipinski definition) is 7. The largest absolute Gasteiger partial charge is 2.00 e. The summed E-state index contributed by atoms with van der Waals surface area (Å²) >= 11 is 0. The summed E-state index contributed by atoms with van der Waals surface area (Å²) in [5, 5.41) is 11.5. The molecule has 4 aromatic carbocycles. The molecule has 0 spiro atoms. The average Bonchev–Trinajstić information content (AvgIpc) is 3.75. The third-order valence-electron chi connectivity index (χ3n) is 7.11. The summed E-state index contributed by atoms with van der Waals surface area (Å²) in [6, 6.07) is 31.8. The molecule has 0 bridgehead atoms. The summed E-state index contributed by atoms with van der Waals surface area (Å²) in [6.07, 6.45) is 0. The molecule has 0 saturated heterocycles. The van der Waals surface area contributed by atoms with E-state index in [-0.39, 0.29) is 47.1 Å². The minimum absolute atomic E-state index is 0. The maximum absolute atomic E-state index is 13.4. The minimum Gasteiger partial charge on any atom is -0.463 e. The number of nitro benzene ring substituents is 1. The van der Waals surface area contributed by atoms with Crippen LogP contribution >= 0.6 is 0 Å². The standard InChI is InChI=1S/C30H29N2O6.C5H5.Fe/c1-5-37-29(33)26-19(3)31(24-16-14-22(15-17-24)21-10-7-8-11-21)20(4)27(30(34)38-6-2)28(26)23-12-9-13-25(18-23)32(35)36;1-2-4-5-3-1;/h7-18,28H,5-6H2,1-4H3;1-5H;/q2*-1;+2. The normalized spacial score (nSPS) is 13.0. The molecule has 5 rings (SSSR count). The van der Waals surface area contributed by atoms with Gasteiger partial charge in [-0.2, -0.15) is 42.0 Å². The van der Waals surface area contributed by atoms with Gasteiger partial charge in [-0.05, 0) is 45.4 Å². The summed E-state index contributed by atoms with van der Waals surface area (Å²) in [6.45, 7) is 7.23. The number of ether oxygens (including phenoxy) is 2.